The molecule has 3 rings (SSSR count). The molecule has 0 saturated heterocycles. The number of nitrogens with zero attached hydrogens (tertiary/aromatic N) is 2. The second-order valence-electron chi connectivity index (χ2n) is 4.03. The SMILES string of the molecule is O=C(NCc1ccc(F)cc1)c1cn2ccsc2n1. The Morgan fingerprint density at radius 1 is 1.37 bits per heavy atom. The van der Waals surface area contributed by atoms with Crippen molar-refractivity contribution >= 4 is 22.2 Å². The van der Waals surface area contributed by atoms with Crippen molar-refractivity contribution in [2.45, 2.75) is 6.54 Å². The van der Waals surface area contributed by atoms with Gasteiger partial charge in [0.1, 0.15) is 11.5 Å². The number of imidazole rings is 1. The molecule has 0 bridgehead atoms. The highest BCUT2D eigenvalue weighted by molar-refractivity contribution is 7.15. The van der Waals surface area contributed by atoms with E-state index in [0.717, 1.165) is 10.5 Å². The maximum absolute atomic E-state index is 12.7. The lowest BCUT2D eigenvalue weighted by Crippen LogP contribution is -2.23. The Morgan fingerprint density at radius 2 is 2.16 bits per heavy atom. The lowest BCUT2D eigenvalue weighted by Gasteiger charge is -2.03. The first-order chi connectivity index (χ1) is 9.22. The first-order valence-corrected chi connectivity index (χ1v) is 6.55. The molecule has 0 fully saturated rings. The normalized spacial score (nSPS) is 10.8. The molecule has 0 aliphatic carbocycles. The summed E-state index contributed by atoms with van der Waals surface area (Å²) in [5.74, 6) is -0.523. The molecule has 3 aromatic rings. The van der Waals surface area contributed by atoms with E-state index in [1.807, 2.05) is 11.6 Å². The van der Waals surface area contributed by atoms with Crippen molar-refractivity contribution in [2.24, 2.45) is 0 Å². The zero-order chi connectivity index (χ0) is 13.2. The third-order valence-corrected chi connectivity index (χ3v) is 3.46. The van der Waals surface area contributed by atoms with Crippen LogP contribution in [0.25, 0.3) is 4.96 Å². The van der Waals surface area contributed by atoms with Crippen molar-refractivity contribution in [3.63, 3.8) is 0 Å². The average molecular weight is 275 g/mol. The van der Waals surface area contributed by atoms with Gasteiger partial charge in [-0.25, -0.2) is 9.37 Å². The van der Waals surface area contributed by atoms with Crippen LogP contribution in [0.5, 0.6) is 0 Å². The number of nitrogens with one attached hydrogen (secondary N) is 1. The minimum Gasteiger partial charge on any atom is -0.347 e. The van der Waals surface area contributed by atoms with Crippen LogP contribution in [0.2, 0.25) is 0 Å². The van der Waals surface area contributed by atoms with Crippen molar-refractivity contribution in [1.29, 1.82) is 0 Å². The molecule has 0 radical (unpaired) electrons. The molecular formula is C13H10FN3OS. The number of amides is 1. The number of carbonyl (C=O) groups is 1. The van der Waals surface area contributed by atoms with Crippen molar-refractivity contribution < 1.29 is 9.18 Å². The monoisotopic (exact) mass is 275 g/mol. The summed E-state index contributed by atoms with van der Waals surface area (Å²) in [5.41, 5.74) is 1.23. The van der Waals surface area contributed by atoms with E-state index < -0.39 is 0 Å². The molecule has 0 saturated carbocycles. The molecule has 1 aromatic carbocycles. The summed E-state index contributed by atoms with van der Waals surface area (Å²) in [4.78, 5) is 16.9. The Morgan fingerprint density at radius 3 is 2.89 bits per heavy atom. The Balaban J connectivity index is 1.68. The van der Waals surface area contributed by atoms with Crippen LogP contribution in [-0.2, 0) is 6.54 Å². The Bertz CT molecular complexity index is 688. The Kier molecular flexibility index (Phi) is 3.00. The minimum absolute atomic E-state index is 0.236. The van der Waals surface area contributed by atoms with Crippen LogP contribution in [0.3, 0.4) is 0 Å². The van der Waals surface area contributed by atoms with Gasteiger partial charge in [-0.2, -0.15) is 0 Å². The first-order valence-electron chi connectivity index (χ1n) is 5.67. The fraction of sp³-hybridized carbons (Fsp3) is 0.0769. The molecule has 0 aliphatic heterocycles. The highest BCUT2D eigenvalue weighted by atomic mass is 32.1. The number of halogens is 1. The third kappa shape index (κ3) is 2.48. The number of rotatable bonds is 3. The smallest absolute Gasteiger partial charge is 0.271 e. The summed E-state index contributed by atoms with van der Waals surface area (Å²) >= 11 is 1.47. The van der Waals surface area contributed by atoms with E-state index in [1.54, 1.807) is 22.7 Å². The van der Waals surface area contributed by atoms with E-state index in [9.17, 15) is 9.18 Å². The molecule has 0 spiro atoms. The molecule has 4 nitrogen and oxygen atoms in total. The summed E-state index contributed by atoms with van der Waals surface area (Å²) in [6.45, 7) is 0.351. The van der Waals surface area contributed by atoms with Gasteiger partial charge in [0.15, 0.2) is 4.96 Å². The van der Waals surface area contributed by atoms with Gasteiger partial charge in [0, 0.05) is 24.3 Å². The van der Waals surface area contributed by atoms with Gasteiger partial charge >= 0.3 is 0 Å². The van der Waals surface area contributed by atoms with Crippen molar-refractivity contribution in [3.8, 4) is 0 Å². The predicted molar refractivity (Wildman–Crippen MR) is 70.6 cm³/mol. The second kappa shape index (κ2) is 4.81. The van der Waals surface area contributed by atoms with E-state index in [1.165, 1.54) is 23.5 Å². The minimum atomic E-state index is -0.288. The molecule has 0 atom stereocenters. The maximum atomic E-state index is 12.7. The van der Waals surface area contributed by atoms with E-state index in [0.29, 0.717) is 12.2 Å². The number of hydrogen-bond donors (Lipinski definition) is 1. The van der Waals surface area contributed by atoms with Crippen molar-refractivity contribution in [3.05, 3.63) is 59.1 Å². The zero-order valence-electron chi connectivity index (χ0n) is 9.84. The van der Waals surface area contributed by atoms with E-state index in [2.05, 4.69) is 10.3 Å². The summed E-state index contributed by atoms with van der Waals surface area (Å²) in [6.07, 6.45) is 3.54. The van der Waals surface area contributed by atoms with Crippen LogP contribution in [0.4, 0.5) is 4.39 Å². The molecule has 2 aromatic heterocycles. The molecule has 0 aliphatic rings. The van der Waals surface area contributed by atoms with Crippen LogP contribution in [-0.4, -0.2) is 15.3 Å². The molecule has 19 heavy (non-hydrogen) atoms. The third-order valence-electron chi connectivity index (χ3n) is 2.69. The number of fused-ring (bicyclic) bond motifs is 1. The fourth-order valence-electron chi connectivity index (χ4n) is 1.71. The summed E-state index contributed by atoms with van der Waals surface area (Å²) < 4.78 is 14.5. The van der Waals surface area contributed by atoms with Crippen LogP contribution in [0.1, 0.15) is 16.1 Å². The topological polar surface area (TPSA) is 46.4 Å². The van der Waals surface area contributed by atoms with Crippen molar-refractivity contribution in [1.82, 2.24) is 14.7 Å². The van der Waals surface area contributed by atoms with Crippen LogP contribution >= 0.6 is 11.3 Å². The molecule has 2 heterocycles. The van der Waals surface area contributed by atoms with Gasteiger partial charge in [0.25, 0.3) is 5.91 Å². The number of aromatic nitrogens is 2. The number of thiazole rings is 1. The molecule has 6 heteroatoms. The van der Waals surface area contributed by atoms with E-state index >= 15 is 0 Å². The quantitative estimate of drug-likeness (QED) is 0.798. The van der Waals surface area contributed by atoms with Gasteiger partial charge in [-0.05, 0) is 17.7 Å². The van der Waals surface area contributed by atoms with Gasteiger partial charge in [-0.1, -0.05) is 12.1 Å². The zero-order valence-corrected chi connectivity index (χ0v) is 10.7. The largest absolute Gasteiger partial charge is 0.347 e. The van der Waals surface area contributed by atoms with Gasteiger partial charge in [-0.15, -0.1) is 11.3 Å². The molecule has 1 amide bonds. The van der Waals surface area contributed by atoms with Gasteiger partial charge in [0.2, 0.25) is 0 Å². The van der Waals surface area contributed by atoms with Gasteiger partial charge < -0.3 is 5.32 Å². The van der Waals surface area contributed by atoms with Crippen molar-refractivity contribution in [2.75, 3.05) is 0 Å². The van der Waals surface area contributed by atoms with Crippen LogP contribution < -0.4 is 5.32 Å². The van der Waals surface area contributed by atoms with Gasteiger partial charge in [-0.3, -0.25) is 9.20 Å². The summed E-state index contributed by atoms with van der Waals surface area (Å²) in [5, 5.41) is 4.66. The highest BCUT2D eigenvalue weighted by Gasteiger charge is 2.10. The number of carbonyl (C=O) groups excluding carboxylic acids is 1. The second-order valence-corrected chi connectivity index (χ2v) is 4.90. The molecule has 1 N–H and O–H groups in total. The highest BCUT2D eigenvalue weighted by Crippen LogP contribution is 2.11. The Hall–Kier alpha value is -2.21. The van der Waals surface area contributed by atoms with E-state index in [-0.39, 0.29) is 11.7 Å². The first kappa shape index (κ1) is 11.9. The van der Waals surface area contributed by atoms with Crippen LogP contribution in [0, 0.1) is 5.82 Å². The van der Waals surface area contributed by atoms with E-state index in [4.69, 9.17) is 0 Å². The standard InChI is InChI=1S/C13H10FN3OS/c14-10-3-1-9(2-4-10)7-15-12(18)11-8-17-5-6-19-13(17)16-11/h1-6,8H,7H2,(H,15,18). The van der Waals surface area contributed by atoms with Gasteiger partial charge in [0.05, 0.1) is 0 Å². The average Bonchev–Trinajstić information content (AvgIpc) is 2.98. The fourth-order valence-corrected chi connectivity index (χ4v) is 2.41. The molecule has 96 valence electrons. The number of benzene rings is 1. The lowest BCUT2D eigenvalue weighted by atomic mass is 10.2. The summed E-state index contributed by atoms with van der Waals surface area (Å²) in [6, 6.07) is 6.02. The maximum Gasteiger partial charge on any atom is 0.271 e. The summed E-state index contributed by atoms with van der Waals surface area (Å²) in [7, 11) is 0. The lowest BCUT2D eigenvalue weighted by molar-refractivity contribution is 0.0946. The van der Waals surface area contributed by atoms with Crippen LogP contribution in [0.15, 0.2) is 42.0 Å². The molecular weight excluding hydrogens is 265 g/mol. The predicted octanol–water partition coefficient (Wildman–Crippen LogP) is 2.46. The Labute approximate surface area is 112 Å². The number of hydrogen-bond acceptors (Lipinski definition) is 3. The molecule has 0 unspecified atom stereocenters.